The van der Waals surface area contributed by atoms with Crippen molar-refractivity contribution in [3.8, 4) is 0 Å². The molecule has 5 N–H and O–H groups in total. The fourth-order valence-electron chi connectivity index (χ4n) is 5.82. The summed E-state index contributed by atoms with van der Waals surface area (Å²) in [6.07, 6.45) is 2.06. The third-order valence-corrected chi connectivity index (χ3v) is 8.24. The third-order valence-electron chi connectivity index (χ3n) is 8.24. The first kappa shape index (κ1) is 28.9. The molecule has 0 aromatic heterocycles. The molecular formula is C33H40F3N5. The normalized spacial score (nSPS) is 20.5. The van der Waals surface area contributed by atoms with Gasteiger partial charge in [0.05, 0.1) is 5.57 Å². The Balaban J connectivity index is 1.33. The van der Waals surface area contributed by atoms with E-state index in [0.29, 0.717) is 11.1 Å². The van der Waals surface area contributed by atoms with E-state index < -0.39 is 11.7 Å². The maximum atomic E-state index is 13.9. The Bertz CT molecular complexity index is 1420. The first-order valence-corrected chi connectivity index (χ1v) is 14.5. The number of allylic oxidation sites excluding steroid dienone is 2. The molecule has 1 saturated carbocycles. The monoisotopic (exact) mass is 563 g/mol. The molecular weight excluding hydrogens is 523 g/mol. The number of nitrogens with one attached hydrogen (secondary N) is 3. The van der Waals surface area contributed by atoms with Crippen LogP contribution in [0.1, 0.15) is 50.2 Å². The zero-order chi connectivity index (χ0) is 29.1. The second kappa shape index (κ2) is 12.1. The molecule has 0 bridgehead atoms. The average Bonchev–Trinajstić information content (AvgIpc) is 2.92. The quantitative estimate of drug-likeness (QED) is 0.215. The van der Waals surface area contributed by atoms with E-state index in [1.165, 1.54) is 0 Å². The number of hydrogen-bond acceptors (Lipinski definition) is 5. The van der Waals surface area contributed by atoms with Crippen LogP contribution < -0.4 is 21.7 Å². The van der Waals surface area contributed by atoms with Gasteiger partial charge in [-0.2, -0.15) is 13.2 Å². The molecule has 1 heterocycles. The van der Waals surface area contributed by atoms with Gasteiger partial charge in [-0.15, -0.1) is 0 Å². The Morgan fingerprint density at radius 1 is 0.927 bits per heavy atom. The van der Waals surface area contributed by atoms with Gasteiger partial charge in [0.2, 0.25) is 0 Å². The van der Waals surface area contributed by atoms with Crippen molar-refractivity contribution >= 4 is 39.1 Å². The van der Waals surface area contributed by atoms with E-state index in [1.54, 1.807) is 12.1 Å². The van der Waals surface area contributed by atoms with Crippen LogP contribution in [0.3, 0.4) is 0 Å². The van der Waals surface area contributed by atoms with Crippen molar-refractivity contribution in [2.75, 3.05) is 36.1 Å². The number of rotatable bonds is 9. The SMILES string of the molecule is C=C(c1cc(NC2CC(Nc3cccc(C(N)=CCC)c3)C2)cc2c(NC3CCN(C)CC3)cccc12)C(F)(F)F. The molecule has 0 spiro atoms. The Morgan fingerprint density at radius 2 is 1.61 bits per heavy atom. The second-order valence-electron chi connectivity index (χ2n) is 11.4. The smallest absolute Gasteiger partial charge is 0.399 e. The number of hydrogen-bond donors (Lipinski definition) is 4. The van der Waals surface area contributed by atoms with Crippen LogP contribution in [0, 0.1) is 0 Å². The Morgan fingerprint density at radius 3 is 2.29 bits per heavy atom. The minimum Gasteiger partial charge on any atom is -0.399 e. The largest absolute Gasteiger partial charge is 0.416 e. The van der Waals surface area contributed by atoms with Gasteiger partial charge in [-0.1, -0.05) is 43.8 Å². The van der Waals surface area contributed by atoms with Crippen LogP contribution >= 0.6 is 0 Å². The lowest BCUT2D eigenvalue weighted by Crippen LogP contribution is -2.43. The molecule has 5 rings (SSSR count). The summed E-state index contributed by atoms with van der Waals surface area (Å²) in [4.78, 5) is 2.30. The predicted octanol–water partition coefficient (Wildman–Crippen LogP) is 7.69. The third kappa shape index (κ3) is 6.81. The highest BCUT2D eigenvalue weighted by Crippen LogP contribution is 2.40. The van der Waals surface area contributed by atoms with Gasteiger partial charge in [0, 0.05) is 46.3 Å². The highest BCUT2D eigenvalue weighted by Gasteiger charge is 2.35. The number of halogens is 3. The number of fused-ring (bicyclic) bond motifs is 1. The first-order valence-electron chi connectivity index (χ1n) is 14.5. The molecule has 0 radical (unpaired) electrons. The van der Waals surface area contributed by atoms with Crippen molar-refractivity contribution in [2.45, 2.75) is 63.3 Å². The molecule has 0 atom stereocenters. The lowest BCUT2D eigenvalue weighted by molar-refractivity contribution is -0.0685. The molecule has 1 saturated heterocycles. The summed E-state index contributed by atoms with van der Waals surface area (Å²) in [5.41, 5.74) is 9.77. The Kier molecular flexibility index (Phi) is 8.50. The van der Waals surface area contributed by atoms with Crippen LogP contribution in [0.2, 0.25) is 0 Å². The maximum Gasteiger partial charge on any atom is 0.416 e. The van der Waals surface area contributed by atoms with Gasteiger partial charge in [0.25, 0.3) is 0 Å². The van der Waals surface area contributed by atoms with E-state index in [-0.39, 0.29) is 23.7 Å². The Hall–Kier alpha value is -3.65. The van der Waals surface area contributed by atoms with Gasteiger partial charge >= 0.3 is 6.18 Å². The van der Waals surface area contributed by atoms with Crippen molar-refractivity contribution in [3.05, 3.63) is 78.4 Å². The molecule has 1 aliphatic carbocycles. The van der Waals surface area contributed by atoms with E-state index >= 15 is 0 Å². The minimum atomic E-state index is -4.52. The van der Waals surface area contributed by atoms with Gasteiger partial charge in [0.15, 0.2) is 0 Å². The van der Waals surface area contributed by atoms with Gasteiger partial charge in [-0.05, 0) is 99.1 Å². The highest BCUT2D eigenvalue weighted by atomic mass is 19.4. The van der Waals surface area contributed by atoms with Gasteiger partial charge < -0.3 is 26.6 Å². The van der Waals surface area contributed by atoms with Crippen LogP contribution in [-0.2, 0) is 0 Å². The lowest BCUT2D eigenvalue weighted by Gasteiger charge is -2.38. The number of alkyl halides is 3. The van der Waals surface area contributed by atoms with E-state index in [9.17, 15) is 13.2 Å². The van der Waals surface area contributed by atoms with Crippen molar-refractivity contribution in [1.82, 2.24) is 4.90 Å². The number of piperidine rings is 1. The molecule has 0 amide bonds. The van der Waals surface area contributed by atoms with Crippen molar-refractivity contribution in [2.24, 2.45) is 5.73 Å². The van der Waals surface area contributed by atoms with Crippen LogP contribution in [0.5, 0.6) is 0 Å². The zero-order valence-corrected chi connectivity index (χ0v) is 23.8. The first-order chi connectivity index (χ1) is 19.6. The molecule has 3 aromatic carbocycles. The second-order valence-corrected chi connectivity index (χ2v) is 11.4. The summed E-state index contributed by atoms with van der Waals surface area (Å²) in [6.45, 7) is 7.49. The summed E-state index contributed by atoms with van der Waals surface area (Å²) in [5.74, 6) is 0. The van der Waals surface area contributed by atoms with Crippen LogP contribution in [0.15, 0.2) is 67.3 Å². The molecule has 3 aromatic rings. The summed E-state index contributed by atoms with van der Waals surface area (Å²) in [6, 6.07) is 17.9. The van der Waals surface area contributed by atoms with E-state index in [4.69, 9.17) is 5.73 Å². The number of nitrogens with two attached hydrogens (primary N) is 1. The number of likely N-dealkylation sites (tertiary alicyclic amines) is 1. The Labute approximate surface area is 240 Å². The standard InChI is InChI=1S/C33H40F3N5/c1-4-7-31(37)22-8-5-9-24(16-22)38-25-17-26(18-25)39-27-19-29(21(2)33(34,35)36)28-10-6-11-32(30(28)20-27)40-23-12-14-41(3)15-13-23/h5-11,16,19-20,23,25-26,38-40H,2,4,12-15,17-18,37H2,1,3H3. The molecule has 2 fully saturated rings. The molecule has 1 aliphatic heterocycles. The molecule has 8 heteroatoms. The van der Waals surface area contributed by atoms with Crippen molar-refractivity contribution in [3.63, 3.8) is 0 Å². The number of anilines is 3. The molecule has 218 valence electrons. The van der Waals surface area contributed by atoms with Gasteiger partial charge in [-0.25, -0.2) is 0 Å². The molecule has 0 unspecified atom stereocenters. The van der Waals surface area contributed by atoms with Crippen LogP contribution in [-0.4, -0.2) is 49.3 Å². The molecule has 5 nitrogen and oxygen atoms in total. The van der Waals surface area contributed by atoms with E-state index in [0.717, 1.165) is 73.2 Å². The van der Waals surface area contributed by atoms with Crippen molar-refractivity contribution in [1.29, 1.82) is 0 Å². The molecule has 41 heavy (non-hydrogen) atoms. The topological polar surface area (TPSA) is 65.3 Å². The number of benzene rings is 3. The fraction of sp³-hybridized carbons (Fsp3) is 0.394. The van der Waals surface area contributed by atoms with Crippen LogP contribution in [0.25, 0.3) is 22.0 Å². The maximum absolute atomic E-state index is 13.9. The molecule has 2 aliphatic rings. The van der Waals surface area contributed by atoms with Gasteiger partial charge in [0.1, 0.15) is 0 Å². The summed E-state index contributed by atoms with van der Waals surface area (Å²) in [5, 5.41) is 12.0. The van der Waals surface area contributed by atoms with Crippen LogP contribution in [0.4, 0.5) is 30.2 Å². The minimum absolute atomic E-state index is 0.119. The summed E-state index contributed by atoms with van der Waals surface area (Å²) >= 11 is 0. The highest BCUT2D eigenvalue weighted by molar-refractivity contribution is 6.03. The van der Waals surface area contributed by atoms with E-state index in [1.807, 2.05) is 42.5 Å². The predicted molar refractivity (Wildman–Crippen MR) is 166 cm³/mol. The fourth-order valence-corrected chi connectivity index (χ4v) is 5.82. The van der Waals surface area contributed by atoms with E-state index in [2.05, 4.69) is 47.5 Å². The van der Waals surface area contributed by atoms with Crippen molar-refractivity contribution < 1.29 is 13.2 Å². The number of nitrogens with zero attached hydrogens (tertiary/aromatic N) is 1. The van der Waals surface area contributed by atoms with Gasteiger partial charge in [-0.3, -0.25) is 0 Å². The average molecular weight is 564 g/mol. The summed E-state index contributed by atoms with van der Waals surface area (Å²) < 4.78 is 41.6. The zero-order valence-electron chi connectivity index (χ0n) is 23.8. The lowest BCUT2D eigenvalue weighted by atomic mass is 9.86. The summed E-state index contributed by atoms with van der Waals surface area (Å²) in [7, 11) is 2.11.